The summed E-state index contributed by atoms with van der Waals surface area (Å²) >= 11 is 1.64. The first-order valence-electron chi connectivity index (χ1n) is 6.58. The maximum Gasteiger partial charge on any atom is 0.228 e. The van der Waals surface area contributed by atoms with Gasteiger partial charge >= 0.3 is 0 Å². The number of amides is 1. The van der Waals surface area contributed by atoms with Gasteiger partial charge in [-0.25, -0.2) is 4.98 Å². The van der Waals surface area contributed by atoms with Crippen LogP contribution in [0.1, 0.15) is 30.0 Å². The molecule has 0 saturated carbocycles. The molecule has 4 nitrogen and oxygen atoms in total. The molecule has 3 heterocycles. The molecule has 0 spiro atoms. The lowest BCUT2D eigenvalue weighted by Gasteiger charge is -2.25. The fourth-order valence-electron chi connectivity index (χ4n) is 2.48. The van der Waals surface area contributed by atoms with Gasteiger partial charge in [-0.1, -0.05) is 6.07 Å². The molecule has 2 aromatic rings. The fourth-order valence-corrected chi connectivity index (χ4v) is 3.26. The van der Waals surface area contributed by atoms with Gasteiger partial charge in [0.25, 0.3) is 0 Å². The maximum atomic E-state index is 12.2. The van der Waals surface area contributed by atoms with Gasteiger partial charge in [-0.3, -0.25) is 4.79 Å². The van der Waals surface area contributed by atoms with E-state index in [4.69, 9.17) is 0 Å². The van der Waals surface area contributed by atoms with E-state index in [1.54, 1.807) is 11.3 Å². The third-order valence-corrected chi connectivity index (χ3v) is 4.70. The van der Waals surface area contributed by atoms with E-state index in [0.29, 0.717) is 0 Å². The number of aromatic nitrogens is 2. The smallest absolute Gasteiger partial charge is 0.228 e. The average molecular weight is 275 g/mol. The average Bonchev–Trinajstić information content (AvgIpc) is 3.08. The molecule has 2 aromatic heterocycles. The van der Waals surface area contributed by atoms with Crippen molar-refractivity contribution in [3.63, 3.8) is 0 Å². The number of hydrogen-bond acceptors (Lipinski definition) is 3. The number of carbonyl (C=O) groups excluding carboxylic acids is 1. The van der Waals surface area contributed by atoms with E-state index in [2.05, 4.69) is 14.9 Å². The number of aryl methyl sites for hydroxylation is 1. The number of hydrogen-bond donors (Lipinski definition) is 1. The van der Waals surface area contributed by atoms with E-state index < -0.39 is 0 Å². The standard InChI is InChI=1S/C14H17N3OS/c1-10(12-3-2-8-19-12)14(18)16-11-4-5-13-15-6-7-17(13)9-11/h2-3,6-8,10-11H,4-5,9H2,1H3,(H,16,18)/t10-,11+/m1/s1. The Bertz CT molecular complexity index is 561. The third-order valence-electron chi connectivity index (χ3n) is 3.64. The van der Waals surface area contributed by atoms with Gasteiger partial charge in [-0.2, -0.15) is 0 Å². The fraction of sp³-hybridized carbons (Fsp3) is 0.429. The van der Waals surface area contributed by atoms with Crippen LogP contribution in [0, 0.1) is 0 Å². The highest BCUT2D eigenvalue weighted by molar-refractivity contribution is 7.10. The van der Waals surface area contributed by atoms with Gasteiger partial charge in [0.1, 0.15) is 5.82 Å². The van der Waals surface area contributed by atoms with Crippen molar-refractivity contribution in [3.8, 4) is 0 Å². The number of carbonyl (C=O) groups is 1. The molecule has 1 aliphatic heterocycles. The Morgan fingerprint density at radius 1 is 1.63 bits per heavy atom. The lowest BCUT2D eigenvalue weighted by atomic mass is 10.0. The van der Waals surface area contributed by atoms with Crippen molar-refractivity contribution in [2.24, 2.45) is 0 Å². The zero-order valence-corrected chi connectivity index (χ0v) is 11.7. The summed E-state index contributed by atoms with van der Waals surface area (Å²) in [6.45, 7) is 2.80. The van der Waals surface area contributed by atoms with Gasteiger partial charge in [-0.15, -0.1) is 11.3 Å². The van der Waals surface area contributed by atoms with Crippen LogP contribution in [0.25, 0.3) is 0 Å². The Labute approximate surface area is 116 Å². The predicted octanol–water partition coefficient (Wildman–Crippen LogP) is 2.18. The molecule has 2 atom stereocenters. The van der Waals surface area contributed by atoms with Gasteiger partial charge < -0.3 is 9.88 Å². The number of nitrogens with zero attached hydrogens (tertiary/aromatic N) is 2. The minimum absolute atomic E-state index is 0.0656. The molecule has 1 amide bonds. The number of fused-ring (bicyclic) bond motifs is 1. The Balaban J connectivity index is 1.62. The normalized spacial score (nSPS) is 19.7. The third kappa shape index (κ3) is 2.56. The zero-order chi connectivity index (χ0) is 13.2. The van der Waals surface area contributed by atoms with Crippen molar-refractivity contribution in [1.82, 2.24) is 14.9 Å². The van der Waals surface area contributed by atoms with Crippen molar-refractivity contribution >= 4 is 17.2 Å². The Morgan fingerprint density at radius 2 is 2.53 bits per heavy atom. The van der Waals surface area contributed by atoms with Crippen molar-refractivity contribution in [1.29, 1.82) is 0 Å². The van der Waals surface area contributed by atoms with Crippen LogP contribution in [0.4, 0.5) is 0 Å². The Hall–Kier alpha value is -1.62. The zero-order valence-electron chi connectivity index (χ0n) is 10.9. The molecule has 5 heteroatoms. The molecule has 0 radical (unpaired) electrons. The minimum Gasteiger partial charge on any atom is -0.351 e. The second-order valence-corrected chi connectivity index (χ2v) is 5.96. The van der Waals surface area contributed by atoms with Crippen molar-refractivity contribution in [3.05, 3.63) is 40.6 Å². The lowest BCUT2D eigenvalue weighted by molar-refractivity contribution is -0.123. The summed E-state index contributed by atoms with van der Waals surface area (Å²) in [5.74, 6) is 1.18. The van der Waals surface area contributed by atoms with Crippen LogP contribution in [-0.2, 0) is 17.8 Å². The maximum absolute atomic E-state index is 12.2. The van der Waals surface area contributed by atoms with Gasteiger partial charge in [0.05, 0.1) is 5.92 Å². The van der Waals surface area contributed by atoms with Crippen LogP contribution in [0.15, 0.2) is 29.9 Å². The van der Waals surface area contributed by atoms with E-state index >= 15 is 0 Å². The molecular formula is C14H17N3OS. The molecule has 19 heavy (non-hydrogen) atoms. The van der Waals surface area contributed by atoms with Gasteiger partial charge in [-0.05, 0) is 24.8 Å². The molecule has 3 rings (SSSR count). The van der Waals surface area contributed by atoms with Crippen molar-refractivity contribution in [2.75, 3.05) is 0 Å². The summed E-state index contributed by atoms with van der Waals surface area (Å²) in [5, 5.41) is 5.17. The molecule has 1 aliphatic rings. The van der Waals surface area contributed by atoms with Crippen LogP contribution >= 0.6 is 11.3 Å². The van der Waals surface area contributed by atoms with E-state index in [1.165, 1.54) is 0 Å². The monoisotopic (exact) mass is 275 g/mol. The SMILES string of the molecule is C[C@@H](C(=O)N[C@H]1CCc2nccn2C1)c1cccs1. The molecule has 100 valence electrons. The first kappa shape index (κ1) is 12.4. The highest BCUT2D eigenvalue weighted by Crippen LogP contribution is 2.21. The summed E-state index contributed by atoms with van der Waals surface area (Å²) < 4.78 is 2.13. The summed E-state index contributed by atoms with van der Waals surface area (Å²) in [5.41, 5.74) is 0. The summed E-state index contributed by atoms with van der Waals surface area (Å²) in [4.78, 5) is 17.7. The second-order valence-electron chi connectivity index (χ2n) is 4.98. The van der Waals surface area contributed by atoms with Crippen LogP contribution in [0.5, 0.6) is 0 Å². The number of nitrogens with one attached hydrogen (secondary N) is 1. The second kappa shape index (κ2) is 5.17. The van der Waals surface area contributed by atoms with Crippen LogP contribution < -0.4 is 5.32 Å². The molecule has 0 aromatic carbocycles. The van der Waals surface area contributed by atoms with Crippen LogP contribution in [0.2, 0.25) is 0 Å². The number of rotatable bonds is 3. The molecule has 0 fully saturated rings. The first-order chi connectivity index (χ1) is 9.24. The topological polar surface area (TPSA) is 46.9 Å². The van der Waals surface area contributed by atoms with Crippen molar-refractivity contribution < 1.29 is 4.79 Å². The summed E-state index contributed by atoms with van der Waals surface area (Å²) in [6.07, 6.45) is 5.72. The molecule has 0 unspecified atom stereocenters. The summed E-state index contributed by atoms with van der Waals surface area (Å²) in [7, 11) is 0. The molecule has 0 saturated heterocycles. The van der Waals surface area contributed by atoms with Gasteiger partial charge in [0.2, 0.25) is 5.91 Å². The van der Waals surface area contributed by atoms with Crippen LogP contribution in [0.3, 0.4) is 0 Å². The minimum atomic E-state index is -0.0656. The van der Waals surface area contributed by atoms with E-state index in [9.17, 15) is 4.79 Å². The van der Waals surface area contributed by atoms with Crippen molar-refractivity contribution in [2.45, 2.75) is 38.3 Å². The predicted molar refractivity (Wildman–Crippen MR) is 75.2 cm³/mol. The van der Waals surface area contributed by atoms with Crippen LogP contribution in [-0.4, -0.2) is 21.5 Å². The van der Waals surface area contributed by atoms with E-state index in [0.717, 1.165) is 30.1 Å². The highest BCUT2D eigenvalue weighted by Gasteiger charge is 2.23. The lowest BCUT2D eigenvalue weighted by Crippen LogP contribution is -2.42. The molecule has 1 N–H and O–H groups in total. The van der Waals surface area contributed by atoms with Gasteiger partial charge in [0, 0.05) is 36.3 Å². The van der Waals surface area contributed by atoms with E-state index in [1.807, 2.05) is 36.8 Å². The highest BCUT2D eigenvalue weighted by atomic mass is 32.1. The first-order valence-corrected chi connectivity index (χ1v) is 7.46. The quantitative estimate of drug-likeness (QED) is 0.933. The number of imidazole rings is 1. The summed E-state index contributed by atoms with van der Waals surface area (Å²) in [6, 6.07) is 4.22. The molecule has 0 bridgehead atoms. The van der Waals surface area contributed by atoms with Gasteiger partial charge in [0.15, 0.2) is 0 Å². The number of thiophene rings is 1. The molecular weight excluding hydrogens is 258 g/mol. The molecule has 0 aliphatic carbocycles. The largest absolute Gasteiger partial charge is 0.351 e. The Morgan fingerprint density at radius 3 is 3.32 bits per heavy atom. The van der Waals surface area contributed by atoms with E-state index in [-0.39, 0.29) is 17.9 Å². The Kier molecular flexibility index (Phi) is 3.38.